The Morgan fingerprint density at radius 2 is 2.07 bits per heavy atom. The Labute approximate surface area is 165 Å². The van der Waals surface area contributed by atoms with Crippen LogP contribution < -0.4 is 0 Å². The summed E-state index contributed by atoms with van der Waals surface area (Å²) in [6, 6.07) is 2.43. The molecule has 8 heteroatoms. The van der Waals surface area contributed by atoms with Gasteiger partial charge in [-0.25, -0.2) is 9.37 Å². The fourth-order valence-corrected chi connectivity index (χ4v) is 4.73. The Morgan fingerprint density at radius 3 is 2.64 bits per heavy atom. The number of carbonyl (C=O) groups excluding carboxylic acids is 1. The van der Waals surface area contributed by atoms with Gasteiger partial charge in [0, 0.05) is 23.0 Å². The van der Waals surface area contributed by atoms with Crippen LogP contribution in [0.25, 0.3) is 11.3 Å². The lowest BCUT2D eigenvalue weighted by Gasteiger charge is -2.20. The van der Waals surface area contributed by atoms with E-state index in [-0.39, 0.29) is 17.8 Å². The van der Waals surface area contributed by atoms with Crippen molar-refractivity contribution in [1.82, 2.24) is 9.88 Å². The number of benzene rings is 1. The zero-order valence-corrected chi connectivity index (χ0v) is 16.8. The van der Waals surface area contributed by atoms with Crippen molar-refractivity contribution in [2.75, 3.05) is 6.54 Å². The highest BCUT2D eigenvalue weighted by molar-refractivity contribution is 7.12. The van der Waals surface area contributed by atoms with Crippen LogP contribution in [0.4, 0.5) is 17.6 Å². The van der Waals surface area contributed by atoms with Gasteiger partial charge in [0.1, 0.15) is 16.6 Å². The first-order valence-electron chi connectivity index (χ1n) is 9.16. The van der Waals surface area contributed by atoms with Gasteiger partial charge in [0.05, 0.1) is 17.7 Å². The molecule has 1 aliphatic heterocycles. The van der Waals surface area contributed by atoms with E-state index in [0.717, 1.165) is 43.3 Å². The minimum atomic E-state index is -4.65. The Morgan fingerprint density at radius 1 is 1.36 bits per heavy atom. The van der Waals surface area contributed by atoms with E-state index in [2.05, 4.69) is 16.8 Å². The Bertz CT molecular complexity index is 891. The fraction of sp³-hybridized carbons (Fsp3) is 0.500. The van der Waals surface area contributed by atoms with Gasteiger partial charge in [0.25, 0.3) is 0 Å². The number of hydrogen-bond donors (Lipinski definition) is 0. The summed E-state index contributed by atoms with van der Waals surface area (Å²) >= 11 is 1.32. The predicted molar refractivity (Wildman–Crippen MR) is 101 cm³/mol. The molecular formula is C20H22F4N2OS. The first-order chi connectivity index (χ1) is 13.1. The van der Waals surface area contributed by atoms with E-state index in [0.29, 0.717) is 23.3 Å². The van der Waals surface area contributed by atoms with E-state index in [1.54, 1.807) is 0 Å². The highest BCUT2D eigenvalue weighted by Gasteiger charge is 2.34. The quantitative estimate of drug-likeness (QED) is 0.615. The summed E-state index contributed by atoms with van der Waals surface area (Å²) < 4.78 is 54.3. The molecule has 0 bridgehead atoms. The molecule has 1 aromatic heterocycles. The number of rotatable bonds is 5. The number of thiazole rings is 1. The lowest BCUT2D eigenvalue weighted by atomic mass is 10.0. The molecule has 1 atom stereocenters. The van der Waals surface area contributed by atoms with Gasteiger partial charge in [-0.2, -0.15) is 13.2 Å². The van der Waals surface area contributed by atoms with Crippen molar-refractivity contribution in [3.8, 4) is 11.3 Å². The van der Waals surface area contributed by atoms with Crippen LogP contribution in [-0.2, 0) is 23.9 Å². The zero-order valence-electron chi connectivity index (χ0n) is 16.0. The number of aromatic nitrogens is 1. The van der Waals surface area contributed by atoms with Crippen molar-refractivity contribution < 1.29 is 22.4 Å². The number of ketones is 1. The Hall–Kier alpha value is -1.80. The number of nitrogens with zero attached hydrogens (tertiary/aromatic N) is 2. The second-order valence-electron chi connectivity index (χ2n) is 7.35. The summed E-state index contributed by atoms with van der Waals surface area (Å²) in [5.74, 6) is -0.987. The maximum atomic E-state index is 14.3. The van der Waals surface area contributed by atoms with Gasteiger partial charge in [-0.15, -0.1) is 11.3 Å². The van der Waals surface area contributed by atoms with Crippen LogP contribution in [0.5, 0.6) is 0 Å². The standard InChI is InChI=1S/C20H22F4N2OS/c1-11-5-4-6-26(11)10-17-19(25-18(28-17)7-12(2)27)14-8-15(20(22,23)24)13(3)16(21)9-14/h8-9,11H,4-7,10H2,1-3H3/t11-/m1/s1. The predicted octanol–water partition coefficient (Wildman–Crippen LogP) is 5.39. The molecule has 1 fully saturated rings. The molecule has 1 aliphatic rings. The molecule has 152 valence electrons. The molecule has 3 nitrogen and oxygen atoms in total. The largest absolute Gasteiger partial charge is 0.416 e. The molecule has 0 amide bonds. The van der Waals surface area contributed by atoms with Gasteiger partial charge in [-0.1, -0.05) is 0 Å². The summed E-state index contributed by atoms with van der Waals surface area (Å²) in [7, 11) is 0. The molecule has 28 heavy (non-hydrogen) atoms. The summed E-state index contributed by atoms with van der Waals surface area (Å²) in [6.07, 6.45) is -2.41. The van der Waals surface area contributed by atoms with Gasteiger partial charge in [-0.05, 0) is 57.9 Å². The third kappa shape index (κ3) is 4.43. The van der Waals surface area contributed by atoms with E-state index in [1.807, 2.05) is 0 Å². The van der Waals surface area contributed by atoms with Crippen molar-refractivity contribution in [3.05, 3.63) is 39.0 Å². The van der Waals surface area contributed by atoms with Crippen LogP contribution in [0.3, 0.4) is 0 Å². The van der Waals surface area contributed by atoms with Crippen molar-refractivity contribution in [3.63, 3.8) is 0 Å². The van der Waals surface area contributed by atoms with Gasteiger partial charge in [-0.3, -0.25) is 9.69 Å². The molecule has 1 saturated heterocycles. The van der Waals surface area contributed by atoms with E-state index < -0.39 is 23.1 Å². The number of alkyl halides is 3. The maximum absolute atomic E-state index is 14.3. The molecular weight excluding hydrogens is 392 g/mol. The normalized spacial score (nSPS) is 18.0. The molecule has 2 heterocycles. The monoisotopic (exact) mass is 414 g/mol. The number of likely N-dealkylation sites (tertiary alicyclic amines) is 1. The lowest BCUT2D eigenvalue weighted by molar-refractivity contribution is -0.138. The number of hydrogen-bond acceptors (Lipinski definition) is 4. The highest BCUT2D eigenvalue weighted by Crippen LogP contribution is 2.38. The van der Waals surface area contributed by atoms with Crippen LogP contribution >= 0.6 is 11.3 Å². The summed E-state index contributed by atoms with van der Waals surface area (Å²) in [5.41, 5.74) is -0.984. The van der Waals surface area contributed by atoms with Gasteiger partial charge in [0.2, 0.25) is 0 Å². The summed E-state index contributed by atoms with van der Waals surface area (Å²) in [6.45, 7) is 6.10. The molecule has 3 rings (SSSR count). The Balaban J connectivity index is 2.08. The molecule has 0 N–H and O–H groups in total. The Kier molecular flexibility index (Phi) is 5.91. The van der Waals surface area contributed by atoms with Crippen LogP contribution in [0.15, 0.2) is 12.1 Å². The third-order valence-corrected chi connectivity index (χ3v) is 6.14. The topological polar surface area (TPSA) is 33.2 Å². The number of halogens is 4. The first kappa shape index (κ1) is 20.9. The lowest BCUT2D eigenvalue weighted by Crippen LogP contribution is -2.25. The van der Waals surface area contributed by atoms with Gasteiger partial charge < -0.3 is 0 Å². The SMILES string of the molecule is CC(=O)Cc1nc(-c2cc(F)c(C)c(C(F)(F)F)c2)c(CN2CCC[C@H]2C)s1. The molecule has 0 radical (unpaired) electrons. The molecule has 0 aliphatic carbocycles. The van der Waals surface area contributed by atoms with Crippen LogP contribution in [-0.4, -0.2) is 28.3 Å². The van der Waals surface area contributed by atoms with Crippen LogP contribution in [0.2, 0.25) is 0 Å². The summed E-state index contributed by atoms with van der Waals surface area (Å²) in [4.78, 5) is 18.9. The average Bonchev–Trinajstić information content (AvgIpc) is 3.15. The second-order valence-corrected chi connectivity index (χ2v) is 8.52. The fourth-order valence-electron chi connectivity index (χ4n) is 3.54. The molecule has 0 saturated carbocycles. The van der Waals surface area contributed by atoms with Crippen molar-refractivity contribution in [2.24, 2.45) is 0 Å². The van der Waals surface area contributed by atoms with E-state index >= 15 is 0 Å². The molecule has 1 aromatic carbocycles. The second kappa shape index (κ2) is 7.91. The minimum absolute atomic E-state index is 0.0764. The maximum Gasteiger partial charge on any atom is 0.416 e. The van der Waals surface area contributed by atoms with Crippen molar-refractivity contribution in [1.29, 1.82) is 0 Å². The minimum Gasteiger partial charge on any atom is -0.300 e. The summed E-state index contributed by atoms with van der Waals surface area (Å²) in [5, 5.41) is 0.541. The first-order valence-corrected chi connectivity index (χ1v) is 9.97. The smallest absolute Gasteiger partial charge is 0.300 e. The van der Waals surface area contributed by atoms with Crippen molar-refractivity contribution >= 4 is 17.1 Å². The van der Waals surface area contributed by atoms with Crippen molar-refractivity contribution in [2.45, 2.75) is 58.8 Å². The van der Waals surface area contributed by atoms with E-state index in [1.165, 1.54) is 18.3 Å². The van der Waals surface area contributed by atoms with Gasteiger partial charge >= 0.3 is 6.18 Å². The molecule has 0 spiro atoms. The number of Topliss-reactive ketones (excluding diaryl/α,β-unsaturated/α-hetero) is 1. The molecule has 0 unspecified atom stereocenters. The van der Waals surface area contributed by atoms with E-state index in [4.69, 9.17) is 0 Å². The highest BCUT2D eigenvalue weighted by atomic mass is 32.1. The van der Waals surface area contributed by atoms with E-state index in [9.17, 15) is 22.4 Å². The van der Waals surface area contributed by atoms with Crippen LogP contribution in [0, 0.1) is 12.7 Å². The average molecular weight is 414 g/mol. The molecule has 2 aromatic rings. The third-order valence-electron chi connectivity index (χ3n) is 5.10. The van der Waals surface area contributed by atoms with Gasteiger partial charge in [0.15, 0.2) is 0 Å². The number of carbonyl (C=O) groups is 1. The van der Waals surface area contributed by atoms with Crippen LogP contribution in [0.1, 0.15) is 47.7 Å². The zero-order chi connectivity index (χ0) is 20.6.